The first-order chi connectivity index (χ1) is 10.4. The van der Waals surface area contributed by atoms with Crippen molar-refractivity contribution in [3.8, 4) is 0 Å². The van der Waals surface area contributed by atoms with Crippen LogP contribution in [0.3, 0.4) is 0 Å². The number of benzene rings is 2. The van der Waals surface area contributed by atoms with Crippen LogP contribution < -0.4 is 5.32 Å². The lowest BCUT2D eigenvalue weighted by molar-refractivity contribution is 0.607. The predicted octanol–water partition coefficient (Wildman–Crippen LogP) is 5.34. The van der Waals surface area contributed by atoms with Crippen LogP contribution in [0.5, 0.6) is 0 Å². The Kier molecular flexibility index (Phi) is 4.96. The Morgan fingerprint density at radius 3 is 2.67 bits per heavy atom. The Morgan fingerprint density at radius 2 is 1.90 bits per heavy atom. The summed E-state index contributed by atoms with van der Waals surface area (Å²) in [5.41, 5.74) is 1.37. The number of nitrogens with one attached hydrogen (secondary N) is 1. The molecule has 3 aromatic rings. The molecule has 0 spiro atoms. The summed E-state index contributed by atoms with van der Waals surface area (Å²) in [5, 5.41) is 8.38. The van der Waals surface area contributed by atoms with Gasteiger partial charge in [0.15, 0.2) is 0 Å². The van der Waals surface area contributed by atoms with Gasteiger partial charge in [-0.15, -0.1) is 23.1 Å². The second-order valence-electron chi connectivity index (χ2n) is 4.96. The van der Waals surface area contributed by atoms with E-state index in [2.05, 4.69) is 72.2 Å². The number of fused-ring (bicyclic) bond motifs is 1. The van der Waals surface area contributed by atoms with Crippen LogP contribution in [0.1, 0.15) is 18.5 Å². The first kappa shape index (κ1) is 14.6. The van der Waals surface area contributed by atoms with Crippen LogP contribution >= 0.6 is 23.1 Å². The van der Waals surface area contributed by atoms with E-state index in [9.17, 15) is 0 Å². The highest BCUT2D eigenvalue weighted by Gasteiger charge is 2.11. The SMILES string of the molecule is CCNC(CSc1cccs1)c1ccc2ccccc2c1. The average molecular weight is 313 g/mol. The fourth-order valence-corrected chi connectivity index (χ4v) is 4.36. The van der Waals surface area contributed by atoms with E-state index in [1.165, 1.54) is 20.5 Å². The van der Waals surface area contributed by atoms with Crippen molar-refractivity contribution in [3.05, 3.63) is 65.5 Å². The molecule has 0 aliphatic carbocycles. The van der Waals surface area contributed by atoms with Gasteiger partial charge in [0.1, 0.15) is 0 Å². The van der Waals surface area contributed by atoms with Gasteiger partial charge in [-0.3, -0.25) is 0 Å². The number of rotatable bonds is 6. The summed E-state index contributed by atoms with van der Waals surface area (Å²) in [7, 11) is 0. The molecule has 0 fully saturated rings. The van der Waals surface area contributed by atoms with Gasteiger partial charge < -0.3 is 5.32 Å². The van der Waals surface area contributed by atoms with Crippen molar-refractivity contribution in [2.24, 2.45) is 0 Å². The summed E-state index contributed by atoms with van der Waals surface area (Å²) < 4.78 is 1.39. The molecule has 1 heterocycles. The minimum Gasteiger partial charge on any atom is -0.309 e. The van der Waals surface area contributed by atoms with Crippen molar-refractivity contribution < 1.29 is 0 Å². The van der Waals surface area contributed by atoms with Gasteiger partial charge in [-0.1, -0.05) is 49.4 Å². The van der Waals surface area contributed by atoms with Crippen molar-refractivity contribution in [2.45, 2.75) is 17.2 Å². The number of thioether (sulfide) groups is 1. The van der Waals surface area contributed by atoms with Crippen molar-refractivity contribution in [1.82, 2.24) is 5.32 Å². The van der Waals surface area contributed by atoms with Crippen LogP contribution in [0.4, 0.5) is 0 Å². The molecule has 3 rings (SSSR count). The molecule has 0 bridgehead atoms. The quantitative estimate of drug-likeness (QED) is 0.616. The third kappa shape index (κ3) is 3.67. The Labute approximate surface area is 134 Å². The molecule has 1 N–H and O–H groups in total. The minimum absolute atomic E-state index is 0.395. The van der Waals surface area contributed by atoms with E-state index < -0.39 is 0 Å². The predicted molar refractivity (Wildman–Crippen MR) is 95.4 cm³/mol. The Balaban J connectivity index is 1.80. The molecular weight excluding hydrogens is 294 g/mol. The van der Waals surface area contributed by atoms with E-state index in [0.29, 0.717) is 6.04 Å². The number of hydrogen-bond acceptors (Lipinski definition) is 3. The van der Waals surface area contributed by atoms with Gasteiger partial charge in [0.05, 0.1) is 4.21 Å². The smallest absolute Gasteiger partial charge is 0.0599 e. The zero-order chi connectivity index (χ0) is 14.5. The first-order valence-electron chi connectivity index (χ1n) is 7.25. The van der Waals surface area contributed by atoms with E-state index in [1.54, 1.807) is 0 Å². The molecule has 3 heteroatoms. The maximum atomic E-state index is 3.61. The van der Waals surface area contributed by atoms with Gasteiger partial charge in [-0.2, -0.15) is 0 Å². The molecule has 2 aromatic carbocycles. The number of thiophene rings is 1. The molecule has 21 heavy (non-hydrogen) atoms. The van der Waals surface area contributed by atoms with Crippen molar-refractivity contribution in [1.29, 1.82) is 0 Å². The second-order valence-corrected chi connectivity index (χ2v) is 7.23. The lowest BCUT2D eigenvalue weighted by Gasteiger charge is -2.18. The van der Waals surface area contributed by atoms with Crippen LogP contribution in [0.2, 0.25) is 0 Å². The van der Waals surface area contributed by atoms with Crippen molar-refractivity contribution >= 4 is 33.9 Å². The topological polar surface area (TPSA) is 12.0 Å². The fraction of sp³-hybridized carbons (Fsp3) is 0.222. The normalized spacial score (nSPS) is 12.6. The van der Waals surface area contributed by atoms with Gasteiger partial charge >= 0.3 is 0 Å². The van der Waals surface area contributed by atoms with Crippen LogP contribution in [0, 0.1) is 0 Å². The van der Waals surface area contributed by atoms with E-state index in [4.69, 9.17) is 0 Å². The van der Waals surface area contributed by atoms with Crippen LogP contribution in [0.25, 0.3) is 10.8 Å². The molecule has 0 radical (unpaired) electrons. The summed E-state index contributed by atoms with van der Waals surface area (Å²) >= 11 is 3.75. The Hall–Kier alpha value is -1.29. The Bertz CT molecular complexity index is 691. The zero-order valence-electron chi connectivity index (χ0n) is 12.1. The molecule has 0 aliphatic heterocycles. The summed E-state index contributed by atoms with van der Waals surface area (Å²) in [6, 6.07) is 20.1. The third-order valence-electron chi connectivity index (χ3n) is 3.51. The van der Waals surface area contributed by atoms with E-state index in [0.717, 1.165) is 12.3 Å². The molecule has 0 saturated carbocycles. The highest BCUT2D eigenvalue weighted by atomic mass is 32.2. The second kappa shape index (κ2) is 7.12. The van der Waals surface area contributed by atoms with Gasteiger partial charge in [-0.25, -0.2) is 0 Å². The highest BCUT2D eigenvalue weighted by Crippen LogP contribution is 2.29. The molecular formula is C18H19NS2. The van der Waals surface area contributed by atoms with Gasteiger partial charge in [0.2, 0.25) is 0 Å². The molecule has 1 unspecified atom stereocenters. The minimum atomic E-state index is 0.395. The van der Waals surface area contributed by atoms with E-state index in [-0.39, 0.29) is 0 Å². The summed E-state index contributed by atoms with van der Waals surface area (Å²) in [4.78, 5) is 0. The largest absolute Gasteiger partial charge is 0.309 e. The van der Waals surface area contributed by atoms with Gasteiger partial charge in [-0.05, 0) is 40.4 Å². The summed E-state index contributed by atoms with van der Waals surface area (Å²) in [6.45, 7) is 3.16. The number of hydrogen-bond donors (Lipinski definition) is 1. The fourth-order valence-electron chi connectivity index (χ4n) is 2.46. The zero-order valence-corrected chi connectivity index (χ0v) is 13.7. The maximum Gasteiger partial charge on any atom is 0.0599 e. The molecule has 108 valence electrons. The van der Waals surface area contributed by atoms with E-state index in [1.807, 2.05) is 23.1 Å². The van der Waals surface area contributed by atoms with Gasteiger partial charge in [0, 0.05) is 11.8 Å². The van der Waals surface area contributed by atoms with E-state index >= 15 is 0 Å². The van der Waals surface area contributed by atoms with Crippen LogP contribution in [0.15, 0.2) is 64.2 Å². The molecule has 0 aliphatic rings. The summed E-state index contributed by atoms with van der Waals surface area (Å²) in [6.07, 6.45) is 0. The molecule has 1 atom stereocenters. The maximum absolute atomic E-state index is 3.61. The van der Waals surface area contributed by atoms with Gasteiger partial charge in [0.25, 0.3) is 0 Å². The summed E-state index contributed by atoms with van der Waals surface area (Å²) in [5.74, 6) is 1.06. The molecule has 1 nitrogen and oxygen atoms in total. The molecule has 1 aromatic heterocycles. The van der Waals surface area contributed by atoms with Crippen molar-refractivity contribution in [3.63, 3.8) is 0 Å². The first-order valence-corrected chi connectivity index (χ1v) is 9.11. The Morgan fingerprint density at radius 1 is 1.05 bits per heavy atom. The van der Waals surface area contributed by atoms with Crippen LogP contribution in [-0.4, -0.2) is 12.3 Å². The molecule has 0 amide bonds. The monoisotopic (exact) mass is 313 g/mol. The molecule has 0 saturated heterocycles. The van der Waals surface area contributed by atoms with Crippen LogP contribution in [-0.2, 0) is 0 Å². The lowest BCUT2D eigenvalue weighted by Crippen LogP contribution is -2.22. The third-order valence-corrected chi connectivity index (χ3v) is 5.74. The lowest BCUT2D eigenvalue weighted by atomic mass is 10.0. The standard InChI is InChI=1S/C18H19NS2/c1-2-19-17(13-21-18-8-5-11-20-18)16-10-9-14-6-3-4-7-15(14)12-16/h3-12,17,19H,2,13H2,1H3. The van der Waals surface area contributed by atoms with Crippen molar-refractivity contribution in [2.75, 3.05) is 12.3 Å². The highest BCUT2D eigenvalue weighted by molar-refractivity contribution is 8.01. The average Bonchev–Trinajstić information content (AvgIpc) is 3.04.